The summed E-state index contributed by atoms with van der Waals surface area (Å²) >= 11 is 0. The van der Waals surface area contributed by atoms with Gasteiger partial charge in [0.2, 0.25) is 0 Å². The van der Waals surface area contributed by atoms with E-state index >= 15 is 0 Å². The topological polar surface area (TPSA) is 91.2 Å². The highest BCUT2D eigenvalue weighted by atomic mass is 16.5. The van der Waals surface area contributed by atoms with E-state index in [9.17, 15) is 4.79 Å². The van der Waals surface area contributed by atoms with Crippen molar-refractivity contribution >= 4 is 22.8 Å². The minimum absolute atomic E-state index is 0.237. The molecular weight excluding hydrogens is 210 g/mol. The highest BCUT2D eigenvalue weighted by Crippen LogP contribution is 2.26. The molecule has 2 N–H and O–H groups in total. The molecule has 2 aromatic rings. The second kappa shape index (κ2) is 3.80. The molecule has 0 unspecified atom stereocenters. The number of nitrogen functional groups attached to an aromatic ring is 1. The van der Waals surface area contributed by atoms with E-state index in [0.29, 0.717) is 29.1 Å². The Morgan fingerprint density at radius 3 is 3.06 bits per heavy atom. The maximum Gasteiger partial charge on any atom is 0.341 e. The number of anilines is 1. The molecule has 0 spiro atoms. The van der Waals surface area contributed by atoms with Gasteiger partial charge < -0.3 is 15.0 Å². The van der Waals surface area contributed by atoms with Crippen molar-refractivity contribution in [3.05, 3.63) is 17.5 Å². The Morgan fingerprint density at radius 1 is 1.62 bits per heavy atom. The molecule has 2 rings (SSSR count). The van der Waals surface area contributed by atoms with Gasteiger partial charge in [0.1, 0.15) is 5.56 Å². The first kappa shape index (κ1) is 10.4. The number of carbonyl (C=O) groups is 1. The van der Waals surface area contributed by atoms with Crippen molar-refractivity contribution in [1.29, 1.82) is 0 Å². The molecule has 0 bridgehead atoms. The van der Waals surface area contributed by atoms with Crippen LogP contribution in [0.3, 0.4) is 0 Å². The maximum absolute atomic E-state index is 11.5. The lowest BCUT2D eigenvalue weighted by molar-refractivity contribution is 0.0527. The fourth-order valence-electron chi connectivity index (χ4n) is 1.45. The summed E-state index contributed by atoms with van der Waals surface area (Å²) in [7, 11) is 0. The van der Waals surface area contributed by atoms with Gasteiger partial charge in [-0.05, 0) is 13.8 Å². The van der Waals surface area contributed by atoms with Crippen molar-refractivity contribution in [2.45, 2.75) is 13.8 Å². The Morgan fingerprint density at radius 2 is 2.38 bits per heavy atom. The summed E-state index contributed by atoms with van der Waals surface area (Å²) in [5, 5.41) is 4.29. The summed E-state index contributed by atoms with van der Waals surface area (Å²) < 4.78 is 9.80. The standard InChI is InChI=1S/C10H11N3O3/c1-3-15-10(14)6-4-12-9-7(8(6)11)5(2)13-16-9/h4H,3H2,1-2H3,(H2,11,12). The second-order valence-electron chi connectivity index (χ2n) is 3.25. The van der Waals surface area contributed by atoms with Crippen molar-refractivity contribution < 1.29 is 14.1 Å². The fraction of sp³-hybridized carbons (Fsp3) is 0.300. The zero-order chi connectivity index (χ0) is 11.7. The Balaban J connectivity index is 2.59. The van der Waals surface area contributed by atoms with Gasteiger partial charge >= 0.3 is 5.97 Å². The summed E-state index contributed by atoms with van der Waals surface area (Å²) in [6, 6.07) is 0. The zero-order valence-electron chi connectivity index (χ0n) is 8.98. The van der Waals surface area contributed by atoms with Gasteiger partial charge in [0.25, 0.3) is 5.71 Å². The number of fused-ring (bicyclic) bond motifs is 1. The maximum atomic E-state index is 11.5. The van der Waals surface area contributed by atoms with Crippen LogP contribution in [0, 0.1) is 6.92 Å². The lowest BCUT2D eigenvalue weighted by atomic mass is 10.1. The van der Waals surface area contributed by atoms with E-state index in [1.165, 1.54) is 6.20 Å². The predicted molar refractivity (Wildman–Crippen MR) is 56.9 cm³/mol. The lowest BCUT2D eigenvalue weighted by Crippen LogP contribution is -2.08. The SMILES string of the molecule is CCOC(=O)c1cnc2onc(C)c2c1N. The van der Waals surface area contributed by atoms with Gasteiger partial charge in [-0.2, -0.15) is 0 Å². The van der Waals surface area contributed by atoms with Gasteiger partial charge in [-0.25, -0.2) is 9.78 Å². The monoisotopic (exact) mass is 221 g/mol. The molecule has 2 heterocycles. The number of ether oxygens (including phenoxy) is 1. The van der Waals surface area contributed by atoms with Crippen LogP contribution in [-0.4, -0.2) is 22.7 Å². The summed E-state index contributed by atoms with van der Waals surface area (Å²) in [4.78, 5) is 15.5. The number of pyridine rings is 1. The first-order chi connectivity index (χ1) is 7.65. The molecule has 6 heteroatoms. The third-order valence-electron chi connectivity index (χ3n) is 2.21. The minimum atomic E-state index is -0.491. The molecule has 0 aliphatic heterocycles. The van der Waals surface area contributed by atoms with Gasteiger partial charge in [-0.15, -0.1) is 0 Å². The van der Waals surface area contributed by atoms with Crippen LogP contribution < -0.4 is 5.73 Å². The molecule has 0 radical (unpaired) electrons. The van der Waals surface area contributed by atoms with Crippen LogP contribution in [0.5, 0.6) is 0 Å². The highest BCUT2D eigenvalue weighted by molar-refractivity contribution is 6.03. The van der Waals surface area contributed by atoms with E-state index in [1.807, 2.05) is 0 Å². The number of nitrogens with two attached hydrogens (primary N) is 1. The number of aryl methyl sites for hydroxylation is 1. The third kappa shape index (κ3) is 1.48. The molecule has 0 aromatic carbocycles. The van der Waals surface area contributed by atoms with E-state index in [-0.39, 0.29) is 5.56 Å². The number of carbonyl (C=O) groups excluding carboxylic acids is 1. The quantitative estimate of drug-likeness (QED) is 0.768. The van der Waals surface area contributed by atoms with Gasteiger partial charge in [0, 0.05) is 6.20 Å². The molecular formula is C10H11N3O3. The number of hydrogen-bond acceptors (Lipinski definition) is 6. The van der Waals surface area contributed by atoms with Crippen LogP contribution in [0.2, 0.25) is 0 Å². The molecule has 0 aliphatic rings. The van der Waals surface area contributed by atoms with Crippen LogP contribution in [-0.2, 0) is 4.74 Å². The van der Waals surface area contributed by atoms with Crippen LogP contribution >= 0.6 is 0 Å². The predicted octanol–water partition coefficient (Wildman–Crippen LogP) is 1.29. The highest BCUT2D eigenvalue weighted by Gasteiger charge is 2.18. The molecule has 0 amide bonds. The fourth-order valence-corrected chi connectivity index (χ4v) is 1.45. The van der Waals surface area contributed by atoms with Crippen LogP contribution in [0.4, 0.5) is 5.69 Å². The molecule has 0 atom stereocenters. The largest absolute Gasteiger partial charge is 0.462 e. The average molecular weight is 221 g/mol. The summed E-state index contributed by atoms with van der Waals surface area (Å²) in [5.74, 6) is -0.491. The molecule has 6 nitrogen and oxygen atoms in total. The molecule has 16 heavy (non-hydrogen) atoms. The first-order valence-electron chi connectivity index (χ1n) is 4.82. The van der Waals surface area contributed by atoms with Crippen molar-refractivity contribution in [3.8, 4) is 0 Å². The Kier molecular flexibility index (Phi) is 2.47. The second-order valence-corrected chi connectivity index (χ2v) is 3.25. The van der Waals surface area contributed by atoms with Crippen molar-refractivity contribution in [3.63, 3.8) is 0 Å². The first-order valence-corrected chi connectivity index (χ1v) is 4.82. The van der Waals surface area contributed by atoms with Gasteiger partial charge in [-0.1, -0.05) is 5.16 Å². The summed E-state index contributed by atoms with van der Waals surface area (Å²) in [6.45, 7) is 3.75. The van der Waals surface area contributed by atoms with Crippen molar-refractivity contribution in [2.75, 3.05) is 12.3 Å². The van der Waals surface area contributed by atoms with E-state index < -0.39 is 5.97 Å². The Bertz CT molecular complexity index is 547. The van der Waals surface area contributed by atoms with E-state index in [2.05, 4.69) is 10.1 Å². The normalized spacial score (nSPS) is 10.6. The van der Waals surface area contributed by atoms with Gasteiger partial charge in [0.05, 0.1) is 23.4 Å². The number of nitrogens with zero attached hydrogens (tertiary/aromatic N) is 2. The third-order valence-corrected chi connectivity index (χ3v) is 2.21. The van der Waals surface area contributed by atoms with Crippen molar-refractivity contribution in [2.24, 2.45) is 0 Å². The molecule has 0 fully saturated rings. The van der Waals surface area contributed by atoms with Crippen LogP contribution in [0.1, 0.15) is 23.0 Å². The van der Waals surface area contributed by atoms with Crippen LogP contribution in [0.15, 0.2) is 10.7 Å². The molecule has 84 valence electrons. The molecule has 0 saturated carbocycles. The minimum Gasteiger partial charge on any atom is -0.462 e. The number of rotatable bonds is 2. The van der Waals surface area contributed by atoms with Gasteiger partial charge in [-0.3, -0.25) is 0 Å². The smallest absolute Gasteiger partial charge is 0.341 e. The average Bonchev–Trinajstić information content (AvgIpc) is 2.62. The molecule has 0 aliphatic carbocycles. The van der Waals surface area contributed by atoms with E-state index in [0.717, 1.165) is 0 Å². The summed E-state index contributed by atoms with van der Waals surface area (Å²) in [6.07, 6.45) is 1.33. The number of esters is 1. The van der Waals surface area contributed by atoms with Gasteiger partial charge in [0.15, 0.2) is 0 Å². The molecule has 2 aromatic heterocycles. The molecule has 0 saturated heterocycles. The zero-order valence-corrected chi connectivity index (χ0v) is 8.98. The Labute approximate surface area is 91.4 Å². The lowest BCUT2D eigenvalue weighted by Gasteiger charge is -2.04. The summed E-state index contributed by atoms with van der Waals surface area (Å²) in [5.41, 5.74) is 7.31. The Hall–Kier alpha value is -2.11. The van der Waals surface area contributed by atoms with Crippen LogP contribution in [0.25, 0.3) is 11.1 Å². The van der Waals surface area contributed by atoms with E-state index in [4.69, 9.17) is 15.0 Å². The van der Waals surface area contributed by atoms with Crippen molar-refractivity contribution in [1.82, 2.24) is 10.1 Å². The number of aromatic nitrogens is 2. The van der Waals surface area contributed by atoms with E-state index in [1.54, 1.807) is 13.8 Å². The number of hydrogen-bond donors (Lipinski definition) is 1.